The van der Waals surface area contributed by atoms with Gasteiger partial charge in [0, 0.05) is 10.0 Å². The van der Waals surface area contributed by atoms with E-state index >= 15 is 0 Å². The zero-order chi connectivity index (χ0) is 13.1. The van der Waals surface area contributed by atoms with E-state index in [9.17, 15) is 5.11 Å². The number of hydrogen-bond acceptors (Lipinski definition) is 1. The third kappa shape index (κ3) is 3.46. The van der Waals surface area contributed by atoms with E-state index in [0.29, 0.717) is 5.75 Å². The lowest BCUT2D eigenvalue weighted by Crippen LogP contribution is -3.28. The van der Waals surface area contributed by atoms with Crippen LogP contribution in [-0.4, -0.2) is 37.3 Å². The Balaban J connectivity index is 1.93. The number of quaternary nitrogens is 2. The first-order valence-corrected chi connectivity index (χ1v) is 7.51. The molecule has 1 heterocycles. The molecule has 1 aromatic carbocycles. The molecule has 1 aromatic rings. The van der Waals surface area contributed by atoms with E-state index in [1.54, 1.807) is 15.9 Å². The Kier molecular flexibility index (Phi) is 4.65. The lowest BCUT2D eigenvalue weighted by atomic mass is 10.1. The van der Waals surface area contributed by atoms with Crippen LogP contribution in [0.4, 0.5) is 0 Å². The molecule has 0 spiro atoms. The van der Waals surface area contributed by atoms with E-state index in [1.807, 2.05) is 12.1 Å². The van der Waals surface area contributed by atoms with Crippen LogP contribution in [0.3, 0.4) is 0 Å². The molecule has 0 bridgehead atoms. The fourth-order valence-corrected chi connectivity index (χ4v) is 3.05. The van der Waals surface area contributed by atoms with Crippen molar-refractivity contribution >= 4 is 15.9 Å². The Labute approximate surface area is 118 Å². The first-order chi connectivity index (χ1) is 8.56. The van der Waals surface area contributed by atoms with Crippen molar-refractivity contribution in [1.82, 2.24) is 0 Å². The van der Waals surface area contributed by atoms with E-state index in [2.05, 4.69) is 29.8 Å². The number of phenols is 1. The van der Waals surface area contributed by atoms with Crippen molar-refractivity contribution in [1.29, 1.82) is 0 Å². The Morgan fingerprint density at radius 2 is 1.89 bits per heavy atom. The summed E-state index contributed by atoms with van der Waals surface area (Å²) in [5, 5.41) is 9.87. The summed E-state index contributed by atoms with van der Waals surface area (Å²) in [6.07, 6.45) is 0. The van der Waals surface area contributed by atoms with Gasteiger partial charge in [0.1, 0.15) is 38.5 Å². The highest BCUT2D eigenvalue weighted by atomic mass is 79.9. The SMILES string of the molecule is CC(C)[NH+]1CC[NH+](Cc2cc(Br)ccc2O)CC1. The van der Waals surface area contributed by atoms with Crippen LogP contribution in [0.1, 0.15) is 19.4 Å². The van der Waals surface area contributed by atoms with Gasteiger partial charge in [-0.1, -0.05) is 15.9 Å². The number of aromatic hydroxyl groups is 1. The average Bonchev–Trinajstić information content (AvgIpc) is 2.34. The fourth-order valence-electron chi connectivity index (χ4n) is 2.64. The van der Waals surface area contributed by atoms with Crippen molar-refractivity contribution < 1.29 is 14.9 Å². The predicted octanol–water partition coefficient (Wildman–Crippen LogP) is -0.153. The zero-order valence-electron chi connectivity index (χ0n) is 11.2. The third-order valence-corrected chi connectivity index (χ3v) is 4.39. The van der Waals surface area contributed by atoms with Gasteiger partial charge in [-0.05, 0) is 32.0 Å². The molecule has 1 fully saturated rings. The number of halogens is 1. The highest BCUT2D eigenvalue weighted by molar-refractivity contribution is 9.10. The monoisotopic (exact) mass is 314 g/mol. The lowest BCUT2D eigenvalue weighted by Gasteiger charge is -2.32. The van der Waals surface area contributed by atoms with Crippen molar-refractivity contribution in [3.05, 3.63) is 28.2 Å². The highest BCUT2D eigenvalue weighted by Gasteiger charge is 2.25. The van der Waals surface area contributed by atoms with Crippen LogP contribution in [0.15, 0.2) is 22.7 Å². The second-order valence-corrected chi connectivity index (χ2v) is 6.43. The molecular formula is C14H23BrN2O+2. The molecule has 18 heavy (non-hydrogen) atoms. The van der Waals surface area contributed by atoms with Gasteiger partial charge in [0.25, 0.3) is 0 Å². The summed E-state index contributed by atoms with van der Waals surface area (Å²) in [6, 6.07) is 6.42. The summed E-state index contributed by atoms with van der Waals surface area (Å²) in [7, 11) is 0. The molecular weight excluding hydrogens is 292 g/mol. The quantitative estimate of drug-likeness (QED) is 0.711. The van der Waals surface area contributed by atoms with Crippen LogP contribution in [-0.2, 0) is 6.54 Å². The topological polar surface area (TPSA) is 29.1 Å². The molecule has 0 radical (unpaired) electrons. The molecule has 100 valence electrons. The molecule has 1 aliphatic rings. The number of rotatable bonds is 3. The highest BCUT2D eigenvalue weighted by Crippen LogP contribution is 2.20. The number of phenolic OH excluding ortho intramolecular Hbond substituents is 1. The minimum atomic E-state index is 0.421. The van der Waals surface area contributed by atoms with Gasteiger partial charge in [-0.2, -0.15) is 0 Å². The van der Waals surface area contributed by atoms with E-state index in [1.165, 1.54) is 26.2 Å². The molecule has 0 unspecified atom stereocenters. The van der Waals surface area contributed by atoms with Gasteiger partial charge in [-0.3, -0.25) is 0 Å². The van der Waals surface area contributed by atoms with Crippen molar-refractivity contribution in [2.24, 2.45) is 0 Å². The maximum atomic E-state index is 9.87. The minimum absolute atomic E-state index is 0.421. The third-order valence-electron chi connectivity index (χ3n) is 3.90. The Hall–Kier alpha value is -0.580. The van der Waals surface area contributed by atoms with Crippen LogP contribution in [0, 0.1) is 0 Å². The second-order valence-electron chi connectivity index (χ2n) is 5.51. The Bertz CT molecular complexity index is 401. The number of benzene rings is 1. The van der Waals surface area contributed by atoms with Crippen LogP contribution in [0.5, 0.6) is 5.75 Å². The Morgan fingerprint density at radius 1 is 1.22 bits per heavy atom. The van der Waals surface area contributed by atoms with Crippen molar-refractivity contribution in [3.8, 4) is 5.75 Å². The standard InChI is InChI=1S/C14H21BrN2O/c1-11(2)17-7-5-16(6-8-17)10-12-9-13(15)3-4-14(12)18/h3-4,9,11,18H,5-8,10H2,1-2H3/p+2. The number of piperazine rings is 1. The largest absolute Gasteiger partial charge is 0.507 e. The summed E-state index contributed by atoms with van der Waals surface area (Å²) in [4.78, 5) is 3.28. The number of nitrogens with one attached hydrogen (secondary N) is 2. The molecule has 3 N–H and O–H groups in total. The summed E-state index contributed by atoms with van der Waals surface area (Å²) < 4.78 is 1.04. The van der Waals surface area contributed by atoms with Crippen molar-refractivity contribution in [3.63, 3.8) is 0 Å². The summed E-state index contributed by atoms with van der Waals surface area (Å²) in [5.41, 5.74) is 1.05. The molecule has 2 rings (SSSR count). The zero-order valence-corrected chi connectivity index (χ0v) is 12.8. The van der Waals surface area contributed by atoms with E-state index < -0.39 is 0 Å². The van der Waals surface area contributed by atoms with E-state index in [4.69, 9.17) is 0 Å². The fraction of sp³-hybridized carbons (Fsp3) is 0.571. The van der Waals surface area contributed by atoms with Gasteiger partial charge >= 0.3 is 0 Å². The van der Waals surface area contributed by atoms with Gasteiger partial charge in [-0.15, -0.1) is 0 Å². The molecule has 0 aliphatic carbocycles. The van der Waals surface area contributed by atoms with Crippen LogP contribution in [0.25, 0.3) is 0 Å². The molecule has 0 saturated carbocycles. The second kappa shape index (κ2) is 6.04. The normalized spacial score (nSPS) is 24.4. The Morgan fingerprint density at radius 3 is 2.50 bits per heavy atom. The molecule has 4 heteroatoms. The molecule has 0 atom stereocenters. The van der Waals surface area contributed by atoms with Crippen LogP contribution < -0.4 is 9.80 Å². The molecule has 0 aromatic heterocycles. The van der Waals surface area contributed by atoms with E-state index in [0.717, 1.165) is 22.6 Å². The smallest absolute Gasteiger partial charge is 0.127 e. The van der Waals surface area contributed by atoms with E-state index in [-0.39, 0.29) is 0 Å². The minimum Gasteiger partial charge on any atom is -0.507 e. The maximum Gasteiger partial charge on any atom is 0.127 e. The van der Waals surface area contributed by atoms with Crippen LogP contribution in [0.2, 0.25) is 0 Å². The van der Waals surface area contributed by atoms with Gasteiger partial charge in [0.15, 0.2) is 0 Å². The number of hydrogen-bond donors (Lipinski definition) is 3. The summed E-state index contributed by atoms with van der Waals surface area (Å²) >= 11 is 3.47. The van der Waals surface area contributed by atoms with Crippen molar-refractivity contribution in [2.45, 2.75) is 26.4 Å². The molecule has 0 amide bonds. The van der Waals surface area contributed by atoms with Gasteiger partial charge in [-0.25, -0.2) is 0 Å². The van der Waals surface area contributed by atoms with Crippen LogP contribution >= 0.6 is 15.9 Å². The predicted molar refractivity (Wildman–Crippen MR) is 76.0 cm³/mol. The van der Waals surface area contributed by atoms with Gasteiger partial charge in [0.05, 0.1) is 6.04 Å². The molecule has 3 nitrogen and oxygen atoms in total. The van der Waals surface area contributed by atoms with Gasteiger partial charge < -0.3 is 14.9 Å². The summed E-state index contributed by atoms with van der Waals surface area (Å²) in [6.45, 7) is 10.4. The molecule has 1 aliphatic heterocycles. The maximum absolute atomic E-state index is 9.87. The van der Waals surface area contributed by atoms with Gasteiger partial charge in [0.2, 0.25) is 0 Å². The molecule has 1 saturated heterocycles. The first-order valence-electron chi connectivity index (χ1n) is 6.72. The lowest BCUT2D eigenvalue weighted by molar-refractivity contribution is -1.03. The average molecular weight is 315 g/mol. The first kappa shape index (κ1) is 13.8. The van der Waals surface area contributed by atoms with Crippen molar-refractivity contribution in [2.75, 3.05) is 26.2 Å². The summed E-state index contributed by atoms with van der Waals surface area (Å²) in [5.74, 6) is 0.421.